The minimum absolute atomic E-state index is 0.112. The standard InChI is InChI=1S/C18H25N3O5/c1-4-26-18(23)14-6-5-7-20(10-14)11-17(22)19-15-8-12(2)13(3)9-16(15)21(24)25/h8-9,14H,4-7,10-11H2,1-3H3,(H,19,22)/p+1/t14-/m0/s1. The number of hydrogen-bond acceptors (Lipinski definition) is 5. The summed E-state index contributed by atoms with van der Waals surface area (Å²) in [6.45, 7) is 7.26. The fourth-order valence-corrected chi connectivity index (χ4v) is 3.25. The molecular weight excluding hydrogens is 338 g/mol. The van der Waals surface area contributed by atoms with Gasteiger partial charge in [-0.25, -0.2) is 0 Å². The Morgan fingerprint density at radius 1 is 1.35 bits per heavy atom. The van der Waals surface area contributed by atoms with E-state index < -0.39 is 4.92 Å². The van der Waals surface area contributed by atoms with Gasteiger partial charge in [-0.1, -0.05) is 0 Å². The van der Waals surface area contributed by atoms with E-state index in [4.69, 9.17) is 4.74 Å². The fourth-order valence-electron chi connectivity index (χ4n) is 3.25. The van der Waals surface area contributed by atoms with Crippen LogP contribution in [0.5, 0.6) is 0 Å². The van der Waals surface area contributed by atoms with E-state index in [2.05, 4.69) is 5.32 Å². The number of esters is 1. The normalized spacial score (nSPS) is 19.7. The minimum atomic E-state index is -0.493. The molecule has 0 aromatic heterocycles. The molecule has 26 heavy (non-hydrogen) atoms. The van der Waals surface area contributed by atoms with Crippen molar-refractivity contribution < 1.29 is 24.1 Å². The fraction of sp³-hybridized carbons (Fsp3) is 0.556. The van der Waals surface area contributed by atoms with Crippen LogP contribution >= 0.6 is 0 Å². The van der Waals surface area contributed by atoms with Crippen molar-refractivity contribution >= 4 is 23.3 Å². The molecule has 2 N–H and O–H groups in total. The van der Waals surface area contributed by atoms with Crippen LogP contribution in [0, 0.1) is 29.9 Å². The van der Waals surface area contributed by atoms with E-state index in [1.54, 1.807) is 19.9 Å². The molecule has 0 spiro atoms. The second-order valence-electron chi connectivity index (χ2n) is 6.73. The first-order valence-corrected chi connectivity index (χ1v) is 8.87. The summed E-state index contributed by atoms with van der Waals surface area (Å²) in [5.74, 6) is -0.701. The maximum atomic E-state index is 12.4. The second-order valence-corrected chi connectivity index (χ2v) is 6.73. The molecule has 1 fully saturated rings. The average molecular weight is 364 g/mol. The molecule has 8 heteroatoms. The van der Waals surface area contributed by atoms with Crippen LogP contribution in [0.15, 0.2) is 12.1 Å². The highest BCUT2D eigenvalue weighted by atomic mass is 16.6. The molecule has 2 atom stereocenters. The Morgan fingerprint density at radius 2 is 2.04 bits per heavy atom. The van der Waals surface area contributed by atoms with Gasteiger partial charge in [0.2, 0.25) is 0 Å². The second kappa shape index (κ2) is 8.75. The number of nitrogens with one attached hydrogen (secondary N) is 2. The zero-order chi connectivity index (χ0) is 19.3. The van der Waals surface area contributed by atoms with Crippen LogP contribution in [0.3, 0.4) is 0 Å². The molecule has 0 radical (unpaired) electrons. The highest BCUT2D eigenvalue weighted by Crippen LogP contribution is 2.27. The summed E-state index contributed by atoms with van der Waals surface area (Å²) in [7, 11) is 0. The molecule has 0 aliphatic carbocycles. The van der Waals surface area contributed by atoms with Gasteiger partial charge in [0.15, 0.2) is 6.54 Å². The van der Waals surface area contributed by atoms with Crippen LogP contribution in [-0.4, -0.2) is 43.0 Å². The molecule has 1 unspecified atom stereocenters. The Morgan fingerprint density at radius 3 is 2.69 bits per heavy atom. The van der Waals surface area contributed by atoms with Crippen molar-refractivity contribution in [2.75, 3.05) is 31.6 Å². The molecule has 8 nitrogen and oxygen atoms in total. The van der Waals surface area contributed by atoms with Crippen molar-refractivity contribution in [1.82, 2.24) is 0 Å². The van der Waals surface area contributed by atoms with Gasteiger partial charge in [-0.2, -0.15) is 0 Å². The maximum absolute atomic E-state index is 12.4. The Kier molecular flexibility index (Phi) is 6.68. The highest BCUT2D eigenvalue weighted by Gasteiger charge is 2.31. The Hall–Kier alpha value is -2.48. The van der Waals surface area contributed by atoms with Crippen LogP contribution in [0.1, 0.15) is 30.9 Å². The first-order valence-electron chi connectivity index (χ1n) is 8.87. The van der Waals surface area contributed by atoms with E-state index in [1.807, 2.05) is 6.92 Å². The van der Waals surface area contributed by atoms with Gasteiger partial charge in [-0.05, 0) is 50.8 Å². The molecule has 1 amide bonds. The average Bonchev–Trinajstić information content (AvgIpc) is 2.58. The number of carbonyl (C=O) groups is 2. The predicted octanol–water partition coefficient (Wildman–Crippen LogP) is 1.01. The third kappa shape index (κ3) is 5.01. The quantitative estimate of drug-likeness (QED) is 0.445. The van der Waals surface area contributed by atoms with Gasteiger partial charge in [0, 0.05) is 6.07 Å². The Labute approximate surface area is 152 Å². The number of amides is 1. The SMILES string of the molecule is CCOC(=O)[C@H]1CCC[NH+](CC(=O)Nc2cc(C)c(C)cc2[N+](=O)[O-])C1. The highest BCUT2D eigenvalue weighted by molar-refractivity contribution is 5.94. The summed E-state index contributed by atoms with van der Waals surface area (Å²) >= 11 is 0. The number of rotatable bonds is 6. The van der Waals surface area contributed by atoms with Gasteiger partial charge in [-0.3, -0.25) is 19.7 Å². The lowest BCUT2D eigenvalue weighted by atomic mass is 9.98. The molecule has 1 aliphatic rings. The topological polar surface area (TPSA) is 103 Å². The van der Waals surface area contributed by atoms with Crippen molar-refractivity contribution in [3.63, 3.8) is 0 Å². The van der Waals surface area contributed by atoms with Gasteiger partial charge in [0.25, 0.3) is 11.6 Å². The number of nitrogens with zero attached hydrogens (tertiary/aromatic N) is 1. The lowest BCUT2D eigenvalue weighted by molar-refractivity contribution is -0.899. The number of quaternary nitrogens is 1. The zero-order valence-electron chi connectivity index (χ0n) is 15.5. The summed E-state index contributed by atoms with van der Waals surface area (Å²) in [4.78, 5) is 36.0. The third-order valence-corrected chi connectivity index (χ3v) is 4.73. The van der Waals surface area contributed by atoms with Crippen molar-refractivity contribution in [3.8, 4) is 0 Å². The van der Waals surface area contributed by atoms with E-state index in [-0.39, 0.29) is 35.7 Å². The number of nitro groups is 1. The van der Waals surface area contributed by atoms with Gasteiger partial charge >= 0.3 is 5.97 Å². The number of likely N-dealkylation sites (tertiary alicyclic amines) is 1. The monoisotopic (exact) mass is 364 g/mol. The van der Waals surface area contributed by atoms with Crippen LogP contribution < -0.4 is 10.2 Å². The zero-order valence-corrected chi connectivity index (χ0v) is 15.5. The van der Waals surface area contributed by atoms with Crippen LogP contribution in [0.2, 0.25) is 0 Å². The molecule has 1 saturated heterocycles. The number of piperidine rings is 1. The van der Waals surface area contributed by atoms with E-state index >= 15 is 0 Å². The van der Waals surface area contributed by atoms with Crippen LogP contribution in [-0.2, 0) is 14.3 Å². The molecule has 0 bridgehead atoms. The third-order valence-electron chi connectivity index (χ3n) is 4.73. The van der Waals surface area contributed by atoms with Gasteiger partial charge < -0.3 is 15.0 Å². The molecule has 1 aromatic carbocycles. The van der Waals surface area contributed by atoms with Crippen molar-refractivity contribution in [2.45, 2.75) is 33.6 Å². The molecule has 1 aliphatic heterocycles. The molecule has 142 valence electrons. The first kappa shape index (κ1) is 19.8. The van der Waals surface area contributed by atoms with E-state index in [0.717, 1.165) is 35.4 Å². The van der Waals surface area contributed by atoms with E-state index in [9.17, 15) is 19.7 Å². The van der Waals surface area contributed by atoms with Crippen LogP contribution in [0.25, 0.3) is 0 Å². The van der Waals surface area contributed by atoms with Gasteiger partial charge in [0.05, 0.1) is 24.6 Å². The lowest BCUT2D eigenvalue weighted by Gasteiger charge is -2.28. The minimum Gasteiger partial charge on any atom is -0.466 e. The van der Waals surface area contributed by atoms with Crippen LogP contribution in [0.4, 0.5) is 11.4 Å². The Balaban J connectivity index is 2.01. The summed E-state index contributed by atoms with van der Waals surface area (Å²) < 4.78 is 5.07. The van der Waals surface area contributed by atoms with Crippen molar-refractivity contribution in [1.29, 1.82) is 0 Å². The maximum Gasteiger partial charge on any atom is 0.314 e. The predicted molar refractivity (Wildman–Crippen MR) is 96.1 cm³/mol. The lowest BCUT2D eigenvalue weighted by Crippen LogP contribution is -3.14. The summed E-state index contributed by atoms with van der Waals surface area (Å²) in [5.41, 5.74) is 1.77. The number of ether oxygens (including phenoxy) is 1. The molecule has 1 heterocycles. The molecule has 2 rings (SSSR count). The number of aryl methyl sites for hydroxylation is 2. The van der Waals surface area contributed by atoms with Crippen molar-refractivity contribution in [3.05, 3.63) is 33.4 Å². The van der Waals surface area contributed by atoms with Crippen molar-refractivity contribution in [2.24, 2.45) is 5.92 Å². The summed E-state index contributed by atoms with van der Waals surface area (Å²) in [6.07, 6.45) is 1.61. The first-order chi connectivity index (χ1) is 12.3. The van der Waals surface area contributed by atoms with E-state index in [1.165, 1.54) is 6.07 Å². The summed E-state index contributed by atoms with van der Waals surface area (Å²) in [6, 6.07) is 3.09. The number of nitro benzene ring substituents is 1. The van der Waals surface area contributed by atoms with Gasteiger partial charge in [-0.15, -0.1) is 0 Å². The number of benzene rings is 1. The Bertz CT molecular complexity index is 704. The number of carbonyl (C=O) groups excluding carboxylic acids is 2. The van der Waals surface area contributed by atoms with E-state index in [0.29, 0.717) is 13.2 Å². The number of hydrogen-bond donors (Lipinski definition) is 2. The smallest absolute Gasteiger partial charge is 0.314 e. The molecule has 0 saturated carbocycles. The molecule has 1 aromatic rings. The molecular formula is C18H26N3O5+. The summed E-state index contributed by atoms with van der Waals surface area (Å²) in [5, 5.41) is 13.9. The van der Waals surface area contributed by atoms with Gasteiger partial charge in [0.1, 0.15) is 11.6 Å². The number of anilines is 1. The largest absolute Gasteiger partial charge is 0.466 e.